The Kier molecular flexibility index (Phi) is 7.57. The van der Waals surface area contributed by atoms with E-state index in [4.69, 9.17) is 14.7 Å². The molecule has 32 heavy (non-hydrogen) atoms. The quantitative estimate of drug-likeness (QED) is 0.708. The van der Waals surface area contributed by atoms with Crippen molar-refractivity contribution in [1.29, 1.82) is 5.26 Å². The van der Waals surface area contributed by atoms with E-state index in [-0.39, 0.29) is 23.7 Å². The van der Waals surface area contributed by atoms with Crippen LogP contribution in [0.2, 0.25) is 0 Å². The first-order valence-corrected chi connectivity index (χ1v) is 10.3. The van der Waals surface area contributed by atoms with E-state index in [1.807, 2.05) is 19.9 Å². The van der Waals surface area contributed by atoms with Gasteiger partial charge in [0.25, 0.3) is 0 Å². The van der Waals surface area contributed by atoms with E-state index in [0.29, 0.717) is 43.3 Å². The van der Waals surface area contributed by atoms with Crippen LogP contribution < -0.4 is 15.4 Å². The van der Waals surface area contributed by atoms with Crippen LogP contribution in [-0.2, 0) is 9.53 Å². The molecule has 168 valence electrons. The Labute approximate surface area is 186 Å². The Hall–Kier alpha value is -3.71. The van der Waals surface area contributed by atoms with E-state index in [1.165, 1.54) is 0 Å². The van der Waals surface area contributed by atoms with E-state index in [9.17, 15) is 9.59 Å². The van der Waals surface area contributed by atoms with Gasteiger partial charge in [0.2, 0.25) is 17.7 Å². The molecule has 1 aromatic heterocycles. The van der Waals surface area contributed by atoms with Gasteiger partial charge in [-0.05, 0) is 37.1 Å². The second-order valence-corrected chi connectivity index (χ2v) is 7.67. The maximum Gasteiger partial charge on any atom is 0.322 e. The van der Waals surface area contributed by atoms with Crippen molar-refractivity contribution in [2.75, 3.05) is 31.6 Å². The summed E-state index contributed by atoms with van der Waals surface area (Å²) >= 11 is 0. The van der Waals surface area contributed by atoms with Gasteiger partial charge in [-0.1, -0.05) is 13.8 Å². The van der Waals surface area contributed by atoms with Crippen LogP contribution in [0.4, 0.5) is 10.7 Å². The molecule has 1 fully saturated rings. The highest BCUT2D eigenvalue weighted by Gasteiger charge is 2.29. The predicted octanol–water partition coefficient (Wildman–Crippen LogP) is 2.45. The van der Waals surface area contributed by atoms with Crippen molar-refractivity contribution in [2.45, 2.75) is 26.8 Å². The third-order valence-electron chi connectivity index (χ3n) is 4.80. The summed E-state index contributed by atoms with van der Waals surface area (Å²) in [7, 11) is 0. The first-order valence-electron chi connectivity index (χ1n) is 10.3. The summed E-state index contributed by atoms with van der Waals surface area (Å²) in [5, 5.41) is 14.2. The highest BCUT2D eigenvalue weighted by molar-refractivity contribution is 5.92. The molecule has 0 saturated carbocycles. The van der Waals surface area contributed by atoms with Gasteiger partial charge < -0.3 is 19.7 Å². The number of hydrogen-bond donors (Lipinski definition) is 2. The summed E-state index contributed by atoms with van der Waals surface area (Å²) in [6, 6.07) is 8.97. The molecule has 3 rings (SSSR count). The number of nitrogens with zero attached hydrogens (tertiary/aromatic N) is 4. The summed E-state index contributed by atoms with van der Waals surface area (Å²) in [6.45, 7) is 7.47. The number of aromatic nitrogens is 2. The van der Waals surface area contributed by atoms with Gasteiger partial charge in [0.1, 0.15) is 11.8 Å². The number of carbonyl (C=O) groups excluding carboxylic acids is 2. The van der Waals surface area contributed by atoms with Crippen molar-refractivity contribution in [3.63, 3.8) is 0 Å². The lowest BCUT2D eigenvalue weighted by Crippen LogP contribution is -2.54. The fourth-order valence-corrected chi connectivity index (χ4v) is 3.14. The number of hydrogen-bond acceptors (Lipinski definition) is 7. The molecule has 2 heterocycles. The number of benzene rings is 1. The van der Waals surface area contributed by atoms with Crippen LogP contribution in [0.1, 0.15) is 25.1 Å². The lowest BCUT2D eigenvalue weighted by molar-refractivity contribution is -0.138. The van der Waals surface area contributed by atoms with Crippen LogP contribution in [0.25, 0.3) is 0 Å². The Morgan fingerprint density at radius 2 is 1.88 bits per heavy atom. The maximum atomic E-state index is 12.8. The highest BCUT2D eigenvalue weighted by atomic mass is 16.5. The van der Waals surface area contributed by atoms with Crippen LogP contribution >= 0.6 is 0 Å². The molecule has 1 aromatic carbocycles. The number of ether oxygens (including phenoxy) is 2. The fourth-order valence-electron chi connectivity index (χ4n) is 3.14. The molecular formula is C22H26N6O4. The molecule has 2 N–H and O–H groups in total. The minimum atomic E-state index is -0.688. The van der Waals surface area contributed by atoms with E-state index < -0.39 is 12.1 Å². The van der Waals surface area contributed by atoms with Gasteiger partial charge in [0.05, 0.1) is 24.8 Å². The predicted molar refractivity (Wildman–Crippen MR) is 116 cm³/mol. The smallest absolute Gasteiger partial charge is 0.322 e. The third kappa shape index (κ3) is 6.15. The van der Waals surface area contributed by atoms with Gasteiger partial charge in [-0.2, -0.15) is 10.2 Å². The zero-order chi connectivity index (χ0) is 23.1. The topological polar surface area (TPSA) is 129 Å². The van der Waals surface area contributed by atoms with Gasteiger partial charge >= 0.3 is 6.03 Å². The average molecular weight is 438 g/mol. The summed E-state index contributed by atoms with van der Waals surface area (Å²) < 4.78 is 11.0. The van der Waals surface area contributed by atoms with Gasteiger partial charge in [-0.3, -0.25) is 10.1 Å². The number of amides is 3. The molecular weight excluding hydrogens is 412 g/mol. The van der Waals surface area contributed by atoms with Crippen LogP contribution in [0, 0.1) is 24.2 Å². The summed E-state index contributed by atoms with van der Waals surface area (Å²) in [4.78, 5) is 35.6. The van der Waals surface area contributed by atoms with Crippen molar-refractivity contribution >= 4 is 17.9 Å². The molecule has 1 atom stereocenters. The third-order valence-corrected chi connectivity index (χ3v) is 4.80. The van der Waals surface area contributed by atoms with Crippen LogP contribution in [0.15, 0.2) is 30.3 Å². The number of carbonyl (C=O) groups is 2. The van der Waals surface area contributed by atoms with E-state index >= 15 is 0 Å². The number of anilines is 1. The lowest BCUT2D eigenvalue weighted by Gasteiger charge is -2.32. The molecule has 1 saturated heterocycles. The van der Waals surface area contributed by atoms with Gasteiger partial charge in [-0.25, -0.2) is 9.78 Å². The minimum Gasteiger partial charge on any atom is -0.439 e. The summed E-state index contributed by atoms with van der Waals surface area (Å²) in [5.74, 6) is 0.529. The normalized spacial score (nSPS) is 14.4. The SMILES string of the molecule is Cc1cc(Oc2ccc(C#N)cc2)nc(NC(=O)N[C@@H](C(=O)N2CCOCC2)C(C)C)n1. The molecule has 0 spiro atoms. The molecule has 0 unspecified atom stereocenters. The molecule has 1 aliphatic heterocycles. The minimum absolute atomic E-state index is 0.0486. The maximum absolute atomic E-state index is 12.8. The molecule has 0 aliphatic carbocycles. The van der Waals surface area contributed by atoms with E-state index in [1.54, 1.807) is 42.2 Å². The van der Waals surface area contributed by atoms with Gasteiger partial charge in [0.15, 0.2) is 0 Å². The second kappa shape index (κ2) is 10.5. The van der Waals surface area contributed by atoms with Crippen molar-refractivity contribution in [1.82, 2.24) is 20.2 Å². The number of aryl methyl sites for hydroxylation is 1. The fraction of sp³-hybridized carbons (Fsp3) is 0.409. The van der Waals surface area contributed by atoms with Crippen molar-refractivity contribution < 1.29 is 19.1 Å². The van der Waals surface area contributed by atoms with Gasteiger partial charge in [0, 0.05) is 24.8 Å². The highest BCUT2D eigenvalue weighted by Crippen LogP contribution is 2.21. The number of morpholine rings is 1. The lowest BCUT2D eigenvalue weighted by atomic mass is 10.0. The second-order valence-electron chi connectivity index (χ2n) is 7.67. The Morgan fingerprint density at radius 1 is 1.19 bits per heavy atom. The Morgan fingerprint density at radius 3 is 2.50 bits per heavy atom. The molecule has 0 bridgehead atoms. The van der Waals surface area contributed by atoms with Crippen molar-refractivity contribution in [2.24, 2.45) is 5.92 Å². The zero-order valence-electron chi connectivity index (χ0n) is 18.3. The molecule has 1 aliphatic rings. The van der Waals surface area contributed by atoms with E-state index in [2.05, 4.69) is 20.6 Å². The van der Waals surface area contributed by atoms with Gasteiger partial charge in [-0.15, -0.1) is 0 Å². The largest absolute Gasteiger partial charge is 0.439 e. The summed E-state index contributed by atoms with van der Waals surface area (Å²) in [5.41, 5.74) is 1.10. The number of urea groups is 1. The Bertz CT molecular complexity index is 996. The molecule has 3 amide bonds. The monoisotopic (exact) mass is 438 g/mol. The molecule has 2 aromatic rings. The first-order chi connectivity index (χ1) is 15.4. The zero-order valence-corrected chi connectivity index (χ0v) is 18.3. The number of nitriles is 1. The average Bonchev–Trinajstić information content (AvgIpc) is 2.77. The summed E-state index contributed by atoms with van der Waals surface area (Å²) in [6.07, 6.45) is 0. The number of nitrogens with one attached hydrogen (secondary N) is 2. The van der Waals surface area contributed by atoms with Crippen molar-refractivity contribution in [3.8, 4) is 17.7 Å². The first kappa shape index (κ1) is 23.0. The number of rotatable bonds is 6. The van der Waals surface area contributed by atoms with Crippen LogP contribution in [0.5, 0.6) is 11.6 Å². The van der Waals surface area contributed by atoms with Crippen LogP contribution in [0.3, 0.4) is 0 Å². The standard InChI is InChI=1S/C22H26N6O4/c1-14(2)19(20(29)28-8-10-31-11-9-28)26-22(30)27-21-24-15(3)12-18(25-21)32-17-6-4-16(13-23)5-7-17/h4-7,12,14,19H,8-11H2,1-3H3,(H2,24,25,26,27,30)/t19-/m1/s1. The Balaban J connectivity index is 1.66. The molecule has 0 radical (unpaired) electrons. The molecule has 10 nitrogen and oxygen atoms in total. The van der Waals surface area contributed by atoms with E-state index in [0.717, 1.165) is 0 Å². The van der Waals surface area contributed by atoms with Crippen LogP contribution in [-0.4, -0.2) is 59.2 Å². The molecule has 10 heteroatoms. The van der Waals surface area contributed by atoms with Crippen molar-refractivity contribution in [3.05, 3.63) is 41.6 Å².